The molecule has 1 amide bonds. The second kappa shape index (κ2) is 8.10. The molecular formula is C22H21BrN4O. The monoisotopic (exact) mass is 436 g/mol. The Bertz CT molecular complexity index is 1010. The number of carbonyl (C=O) groups is 1. The van der Waals surface area contributed by atoms with Crippen LogP contribution in [0.1, 0.15) is 28.8 Å². The van der Waals surface area contributed by atoms with Crippen LogP contribution in [0.5, 0.6) is 0 Å². The fourth-order valence-electron chi connectivity index (χ4n) is 3.37. The first-order valence-corrected chi connectivity index (χ1v) is 10.1. The molecule has 1 aliphatic heterocycles. The highest BCUT2D eigenvalue weighted by atomic mass is 79.9. The second-order valence-electron chi connectivity index (χ2n) is 6.95. The van der Waals surface area contributed by atoms with E-state index in [2.05, 4.69) is 36.1 Å². The Morgan fingerprint density at radius 3 is 2.68 bits per heavy atom. The minimum atomic E-state index is -0.141. The third-order valence-electron chi connectivity index (χ3n) is 4.92. The molecule has 0 bridgehead atoms. The van der Waals surface area contributed by atoms with Crippen molar-refractivity contribution in [1.29, 1.82) is 0 Å². The zero-order valence-corrected chi connectivity index (χ0v) is 17.2. The first-order chi connectivity index (χ1) is 13.6. The minimum absolute atomic E-state index is 0.141. The predicted octanol–water partition coefficient (Wildman–Crippen LogP) is 5.07. The summed E-state index contributed by atoms with van der Waals surface area (Å²) >= 11 is 3.48. The van der Waals surface area contributed by atoms with E-state index in [0.717, 1.165) is 45.9 Å². The van der Waals surface area contributed by atoms with Crippen molar-refractivity contribution >= 4 is 33.3 Å². The predicted molar refractivity (Wildman–Crippen MR) is 116 cm³/mol. The summed E-state index contributed by atoms with van der Waals surface area (Å²) in [5.74, 6) is 0.806. The molecule has 1 saturated heterocycles. The topological polar surface area (TPSA) is 58.1 Å². The van der Waals surface area contributed by atoms with Gasteiger partial charge < -0.3 is 10.2 Å². The van der Waals surface area contributed by atoms with Crippen molar-refractivity contribution in [3.63, 3.8) is 0 Å². The summed E-state index contributed by atoms with van der Waals surface area (Å²) in [5, 5.41) is 2.96. The molecule has 2 heterocycles. The lowest BCUT2D eigenvalue weighted by Gasteiger charge is -2.16. The zero-order valence-electron chi connectivity index (χ0n) is 15.7. The summed E-state index contributed by atoms with van der Waals surface area (Å²) in [7, 11) is 0. The third kappa shape index (κ3) is 4.07. The number of amides is 1. The second-order valence-corrected chi connectivity index (χ2v) is 7.81. The molecule has 5 nitrogen and oxygen atoms in total. The van der Waals surface area contributed by atoms with Crippen LogP contribution in [0.15, 0.2) is 59.3 Å². The standard InChI is InChI=1S/C22H21BrN4O/c1-15-11-18(7-8-19(15)23)26-22(28)17-6-4-5-16(12-17)20-13-21(25-14-24-20)27-9-2-3-10-27/h4-8,11-14H,2-3,9-10H2,1H3,(H,26,28). The fraction of sp³-hybridized carbons (Fsp3) is 0.227. The molecule has 0 spiro atoms. The molecule has 6 heteroatoms. The molecule has 4 rings (SSSR count). The van der Waals surface area contributed by atoms with Crippen LogP contribution in [-0.2, 0) is 0 Å². The molecule has 0 atom stereocenters. The van der Waals surface area contributed by atoms with E-state index in [4.69, 9.17) is 0 Å². The van der Waals surface area contributed by atoms with Crippen LogP contribution < -0.4 is 10.2 Å². The maximum absolute atomic E-state index is 12.7. The van der Waals surface area contributed by atoms with Gasteiger partial charge in [-0.05, 0) is 55.7 Å². The van der Waals surface area contributed by atoms with Gasteiger partial charge in [0.15, 0.2) is 0 Å². The number of anilines is 2. The van der Waals surface area contributed by atoms with Crippen molar-refractivity contribution in [2.24, 2.45) is 0 Å². The molecular weight excluding hydrogens is 416 g/mol. The van der Waals surface area contributed by atoms with E-state index >= 15 is 0 Å². The molecule has 2 aromatic carbocycles. The lowest BCUT2D eigenvalue weighted by Crippen LogP contribution is -2.19. The van der Waals surface area contributed by atoms with Crippen molar-refractivity contribution < 1.29 is 4.79 Å². The number of nitrogens with one attached hydrogen (secondary N) is 1. The van der Waals surface area contributed by atoms with Crippen LogP contribution in [0.4, 0.5) is 11.5 Å². The van der Waals surface area contributed by atoms with Crippen LogP contribution >= 0.6 is 15.9 Å². The highest BCUT2D eigenvalue weighted by molar-refractivity contribution is 9.10. The van der Waals surface area contributed by atoms with E-state index in [9.17, 15) is 4.79 Å². The molecule has 1 fully saturated rings. The molecule has 1 aliphatic rings. The normalized spacial score (nSPS) is 13.6. The largest absolute Gasteiger partial charge is 0.357 e. The number of halogens is 1. The smallest absolute Gasteiger partial charge is 0.255 e. The summed E-state index contributed by atoms with van der Waals surface area (Å²) in [5.41, 5.74) is 4.17. The van der Waals surface area contributed by atoms with Gasteiger partial charge in [-0.1, -0.05) is 28.1 Å². The summed E-state index contributed by atoms with van der Waals surface area (Å²) in [4.78, 5) is 23.8. The summed E-state index contributed by atoms with van der Waals surface area (Å²) < 4.78 is 1.02. The van der Waals surface area contributed by atoms with Gasteiger partial charge >= 0.3 is 0 Å². The van der Waals surface area contributed by atoms with Crippen molar-refractivity contribution in [2.75, 3.05) is 23.3 Å². The Balaban J connectivity index is 1.56. The number of hydrogen-bond donors (Lipinski definition) is 1. The van der Waals surface area contributed by atoms with E-state index in [1.807, 2.05) is 55.5 Å². The van der Waals surface area contributed by atoms with Crippen molar-refractivity contribution in [3.05, 3.63) is 70.5 Å². The summed E-state index contributed by atoms with van der Waals surface area (Å²) in [6, 6.07) is 15.3. The number of nitrogens with zero attached hydrogens (tertiary/aromatic N) is 3. The average Bonchev–Trinajstić information content (AvgIpc) is 3.26. The summed E-state index contributed by atoms with van der Waals surface area (Å²) in [6.45, 7) is 4.06. The molecule has 142 valence electrons. The minimum Gasteiger partial charge on any atom is -0.357 e. The van der Waals surface area contributed by atoms with E-state index in [0.29, 0.717) is 5.56 Å². The SMILES string of the molecule is Cc1cc(NC(=O)c2cccc(-c3cc(N4CCCC4)ncn3)c2)ccc1Br. The van der Waals surface area contributed by atoms with Gasteiger partial charge in [-0.2, -0.15) is 0 Å². The first kappa shape index (κ1) is 18.6. The lowest BCUT2D eigenvalue weighted by atomic mass is 10.1. The Hall–Kier alpha value is -2.73. The average molecular weight is 437 g/mol. The van der Waals surface area contributed by atoms with E-state index in [1.165, 1.54) is 12.8 Å². The van der Waals surface area contributed by atoms with Crippen LogP contribution in [-0.4, -0.2) is 29.0 Å². The Morgan fingerprint density at radius 2 is 1.89 bits per heavy atom. The maximum Gasteiger partial charge on any atom is 0.255 e. The van der Waals surface area contributed by atoms with Crippen molar-refractivity contribution in [2.45, 2.75) is 19.8 Å². The van der Waals surface area contributed by atoms with Crippen LogP contribution in [0.25, 0.3) is 11.3 Å². The molecule has 0 unspecified atom stereocenters. The summed E-state index contributed by atoms with van der Waals surface area (Å²) in [6.07, 6.45) is 4.00. The quantitative estimate of drug-likeness (QED) is 0.620. The van der Waals surface area contributed by atoms with Gasteiger partial charge in [0.2, 0.25) is 0 Å². The molecule has 3 aromatic rings. The Labute approximate surface area is 173 Å². The molecule has 1 N–H and O–H groups in total. The number of rotatable bonds is 4. The molecule has 28 heavy (non-hydrogen) atoms. The highest BCUT2D eigenvalue weighted by Gasteiger charge is 2.15. The van der Waals surface area contributed by atoms with Gasteiger partial charge in [0.25, 0.3) is 5.91 Å². The number of hydrogen-bond acceptors (Lipinski definition) is 4. The van der Waals surface area contributed by atoms with E-state index in [-0.39, 0.29) is 5.91 Å². The van der Waals surface area contributed by atoms with Crippen LogP contribution in [0, 0.1) is 6.92 Å². The van der Waals surface area contributed by atoms with Gasteiger partial charge in [0.1, 0.15) is 12.1 Å². The number of carbonyl (C=O) groups excluding carboxylic acids is 1. The Kier molecular flexibility index (Phi) is 5.39. The number of aryl methyl sites for hydroxylation is 1. The molecule has 0 aliphatic carbocycles. The van der Waals surface area contributed by atoms with E-state index < -0.39 is 0 Å². The number of benzene rings is 2. The maximum atomic E-state index is 12.7. The fourth-order valence-corrected chi connectivity index (χ4v) is 3.62. The van der Waals surface area contributed by atoms with Gasteiger partial charge in [-0.25, -0.2) is 9.97 Å². The first-order valence-electron chi connectivity index (χ1n) is 9.35. The molecule has 0 radical (unpaired) electrons. The lowest BCUT2D eigenvalue weighted by molar-refractivity contribution is 0.102. The van der Waals surface area contributed by atoms with Crippen molar-refractivity contribution in [1.82, 2.24) is 9.97 Å². The zero-order chi connectivity index (χ0) is 19.5. The van der Waals surface area contributed by atoms with Gasteiger partial charge in [0, 0.05) is 40.4 Å². The molecule has 0 saturated carbocycles. The Morgan fingerprint density at radius 1 is 1.07 bits per heavy atom. The van der Waals surface area contributed by atoms with Gasteiger partial charge in [-0.15, -0.1) is 0 Å². The van der Waals surface area contributed by atoms with Gasteiger partial charge in [-0.3, -0.25) is 4.79 Å². The van der Waals surface area contributed by atoms with Gasteiger partial charge in [0.05, 0.1) is 5.69 Å². The van der Waals surface area contributed by atoms with Crippen LogP contribution in [0.3, 0.4) is 0 Å². The molecule has 1 aromatic heterocycles. The van der Waals surface area contributed by atoms with Crippen molar-refractivity contribution in [3.8, 4) is 11.3 Å². The third-order valence-corrected chi connectivity index (χ3v) is 5.81. The number of aromatic nitrogens is 2. The highest BCUT2D eigenvalue weighted by Crippen LogP contribution is 2.25. The van der Waals surface area contributed by atoms with Crippen LogP contribution in [0.2, 0.25) is 0 Å². The van der Waals surface area contributed by atoms with E-state index in [1.54, 1.807) is 6.33 Å².